The maximum Gasteiger partial charge on any atom is 0.0484 e. The molecule has 2 aromatic rings. The van der Waals surface area contributed by atoms with E-state index in [0.29, 0.717) is 12.0 Å². The van der Waals surface area contributed by atoms with Gasteiger partial charge in [0.1, 0.15) is 0 Å². The second kappa shape index (κ2) is 4.75. The quantitative estimate of drug-likeness (QED) is 0.874. The van der Waals surface area contributed by atoms with Gasteiger partial charge in [-0.2, -0.15) is 0 Å². The van der Waals surface area contributed by atoms with Crippen LogP contribution in [0.4, 0.5) is 0 Å². The molecule has 2 aromatic carbocycles. The molecular formula is C16H16ClN. The lowest BCUT2D eigenvalue weighted by atomic mass is 10.0. The third kappa shape index (κ3) is 2.16. The Labute approximate surface area is 113 Å². The molecule has 2 heteroatoms. The van der Waals surface area contributed by atoms with Crippen LogP contribution in [0.2, 0.25) is 5.02 Å². The molecule has 0 aromatic heterocycles. The highest BCUT2D eigenvalue weighted by atomic mass is 35.5. The summed E-state index contributed by atoms with van der Waals surface area (Å²) in [6.07, 6.45) is 1.24. The van der Waals surface area contributed by atoms with E-state index in [4.69, 9.17) is 11.6 Å². The fourth-order valence-electron chi connectivity index (χ4n) is 2.51. The Morgan fingerprint density at radius 2 is 1.94 bits per heavy atom. The van der Waals surface area contributed by atoms with Gasteiger partial charge in [0.05, 0.1) is 0 Å². The van der Waals surface area contributed by atoms with Crippen LogP contribution in [0.25, 0.3) is 11.1 Å². The fraction of sp³-hybridized carbons (Fsp3) is 0.250. The SMILES string of the molecule is CNC1CC1c1cccc(-c2ccccc2Cl)c1. The summed E-state index contributed by atoms with van der Waals surface area (Å²) in [6, 6.07) is 17.4. The predicted molar refractivity (Wildman–Crippen MR) is 77.1 cm³/mol. The summed E-state index contributed by atoms with van der Waals surface area (Å²) >= 11 is 6.25. The summed E-state index contributed by atoms with van der Waals surface area (Å²) in [5.41, 5.74) is 3.73. The third-order valence-corrected chi connectivity index (χ3v) is 3.99. The van der Waals surface area contributed by atoms with Crippen molar-refractivity contribution in [3.8, 4) is 11.1 Å². The van der Waals surface area contributed by atoms with Crippen molar-refractivity contribution in [3.63, 3.8) is 0 Å². The molecule has 2 atom stereocenters. The van der Waals surface area contributed by atoms with E-state index in [1.165, 1.54) is 17.5 Å². The molecule has 1 nitrogen and oxygen atoms in total. The molecule has 1 saturated carbocycles. The predicted octanol–water partition coefficient (Wildman–Crippen LogP) is 4.08. The van der Waals surface area contributed by atoms with Crippen molar-refractivity contribution in [2.75, 3.05) is 7.05 Å². The monoisotopic (exact) mass is 257 g/mol. The molecule has 0 saturated heterocycles. The highest BCUT2D eigenvalue weighted by Gasteiger charge is 2.36. The lowest BCUT2D eigenvalue weighted by molar-refractivity contribution is 0.784. The van der Waals surface area contributed by atoms with Gasteiger partial charge in [-0.05, 0) is 30.7 Å². The highest BCUT2D eigenvalue weighted by Crippen LogP contribution is 2.41. The Morgan fingerprint density at radius 3 is 2.67 bits per heavy atom. The number of likely N-dealkylation sites (N-methyl/N-ethyl adjacent to an activating group) is 1. The number of halogens is 1. The van der Waals surface area contributed by atoms with Crippen molar-refractivity contribution in [2.24, 2.45) is 0 Å². The van der Waals surface area contributed by atoms with Crippen LogP contribution < -0.4 is 5.32 Å². The van der Waals surface area contributed by atoms with Gasteiger partial charge in [-0.1, -0.05) is 54.1 Å². The van der Waals surface area contributed by atoms with E-state index in [1.54, 1.807) is 0 Å². The van der Waals surface area contributed by atoms with E-state index in [0.717, 1.165) is 10.6 Å². The second-order valence-corrected chi connectivity index (χ2v) is 5.25. The molecule has 92 valence electrons. The van der Waals surface area contributed by atoms with Crippen molar-refractivity contribution >= 4 is 11.6 Å². The minimum atomic E-state index is 0.645. The molecule has 1 N–H and O–H groups in total. The van der Waals surface area contributed by atoms with Crippen LogP contribution in [0.5, 0.6) is 0 Å². The molecule has 3 rings (SSSR count). The first-order valence-corrected chi connectivity index (χ1v) is 6.69. The van der Waals surface area contributed by atoms with E-state index < -0.39 is 0 Å². The zero-order valence-electron chi connectivity index (χ0n) is 10.4. The molecule has 18 heavy (non-hydrogen) atoms. The molecule has 2 unspecified atom stereocenters. The van der Waals surface area contributed by atoms with Crippen LogP contribution in [0.3, 0.4) is 0 Å². The first kappa shape index (κ1) is 11.8. The zero-order chi connectivity index (χ0) is 12.5. The molecule has 0 amide bonds. The van der Waals surface area contributed by atoms with E-state index in [2.05, 4.69) is 35.6 Å². The number of hydrogen-bond acceptors (Lipinski definition) is 1. The Balaban J connectivity index is 1.95. The van der Waals surface area contributed by atoms with Crippen LogP contribution in [0, 0.1) is 0 Å². The van der Waals surface area contributed by atoms with Crippen LogP contribution >= 0.6 is 11.6 Å². The first-order valence-electron chi connectivity index (χ1n) is 6.31. The van der Waals surface area contributed by atoms with Gasteiger partial charge in [0.25, 0.3) is 0 Å². The van der Waals surface area contributed by atoms with E-state index in [1.807, 2.05) is 25.2 Å². The van der Waals surface area contributed by atoms with Crippen molar-refractivity contribution < 1.29 is 0 Å². The van der Waals surface area contributed by atoms with Gasteiger partial charge in [0, 0.05) is 22.5 Å². The Bertz CT molecular complexity index is 565. The summed E-state index contributed by atoms with van der Waals surface area (Å²) in [4.78, 5) is 0. The topological polar surface area (TPSA) is 12.0 Å². The van der Waals surface area contributed by atoms with E-state index >= 15 is 0 Å². The Morgan fingerprint density at radius 1 is 1.11 bits per heavy atom. The summed E-state index contributed by atoms with van der Waals surface area (Å²) in [7, 11) is 2.03. The van der Waals surface area contributed by atoms with Gasteiger partial charge in [0.2, 0.25) is 0 Å². The molecular weight excluding hydrogens is 242 g/mol. The van der Waals surface area contributed by atoms with E-state index in [-0.39, 0.29) is 0 Å². The lowest BCUT2D eigenvalue weighted by Crippen LogP contribution is -2.10. The molecule has 0 bridgehead atoms. The number of rotatable bonds is 3. The standard InChI is InChI=1S/C16H16ClN/c1-18-16-10-14(16)12-6-4-5-11(9-12)13-7-2-3-8-15(13)17/h2-9,14,16,18H,10H2,1H3. The largest absolute Gasteiger partial charge is 0.316 e. The van der Waals surface area contributed by atoms with Gasteiger partial charge in [-0.25, -0.2) is 0 Å². The van der Waals surface area contributed by atoms with Crippen LogP contribution in [0.15, 0.2) is 48.5 Å². The third-order valence-electron chi connectivity index (χ3n) is 3.66. The maximum atomic E-state index is 6.25. The molecule has 0 spiro atoms. The minimum absolute atomic E-state index is 0.645. The smallest absolute Gasteiger partial charge is 0.0484 e. The van der Waals surface area contributed by atoms with Gasteiger partial charge < -0.3 is 5.32 Å². The average Bonchev–Trinajstić information content (AvgIpc) is 3.19. The lowest BCUT2D eigenvalue weighted by Gasteiger charge is -2.07. The van der Waals surface area contributed by atoms with Crippen LogP contribution in [-0.4, -0.2) is 13.1 Å². The summed E-state index contributed by atoms with van der Waals surface area (Å²) < 4.78 is 0. The van der Waals surface area contributed by atoms with Crippen LogP contribution in [0.1, 0.15) is 17.9 Å². The molecule has 0 heterocycles. The first-order chi connectivity index (χ1) is 8.79. The molecule has 1 aliphatic rings. The highest BCUT2D eigenvalue weighted by molar-refractivity contribution is 6.33. The van der Waals surface area contributed by atoms with E-state index in [9.17, 15) is 0 Å². The summed E-state index contributed by atoms with van der Waals surface area (Å²) in [5.74, 6) is 0.664. The van der Waals surface area contributed by atoms with Crippen LogP contribution in [-0.2, 0) is 0 Å². The Kier molecular flexibility index (Phi) is 3.11. The van der Waals surface area contributed by atoms with Gasteiger partial charge in [-0.3, -0.25) is 0 Å². The molecule has 0 aliphatic heterocycles. The number of hydrogen-bond donors (Lipinski definition) is 1. The van der Waals surface area contributed by atoms with Crippen molar-refractivity contribution in [1.29, 1.82) is 0 Å². The van der Waals surface area contributed by atoms with Gasteiger partial charge in [-0.15, -0.1) is 0 Å². The van der Waals surface area contributed by atoms with Gasteiger partial charge in [0.15, 0.2) is 0 Å². The zero-order valence-corrected chi connectivity index (χ0v) is 11.1. The van der Waals surface area contributed by atoms with Crippen molar-refractivity contribution in [2.45, 2.75) is 18.4 Å². The molecule has 1 aliphatic carbocycles. The number of benzene rings is 2. The number of nitrogens with one attached hydrogen (secondary N) is 1. The van der Waals surface area contributed by atoms with Crippen molar-refractivity contribution in [3.05, 3.63) is 59.1 Å². The normalized spacial score (nSPS) is 21.9. The summed E-state index contributed by atoms with van der Waals surface area (Å²) in [5, 5.41) is 4.15. The molecule has 0 radical (unpaired) electrons. The second-order valence-electron chi connectivity index (χ2n) is 4.84. The van der Waals surface area contributed by atoms with Gasteiger partial charge >= 0.3 is 0 Å². The maximum absolute atomic E-state index is 6.25. The fourth-order valence-corrected chi connectivity index (χ4v) is 2.76. The summed E-state index contributed by atoms with van der Waals surface area (Å²) in [6.45, 7) is 0. The van der Waals surface area contributed by atoms with Crippen molar-refractivity contribution in [1.82, 2.24) is 5.32 Å². The minimum Gasteiger partial charge on any atom is -0.316 e. The Hall–Kier alpha value is -1.31. The molecule has 1 fully saturated rings. The average molecular weight is 258 g/mol.